The van der Waals surface area contributed by atoms with E-state index in [1.807, 2.05) is 66.1 Å². The van der Waals surface area contributed by atoms with Crippen LogP contribution < -0.4 is 10.7 Å². The van der Waals surface area contributed by atoms with Gasteiger partial charge in [0.15, 0.2) is 0 Å². The van der Waals surface area contributed by atoms with Gasteiger partial charge in [0.1, 0.15) is 6.54 Å². The van der Waals surface area contributed by atoms with Gasteiger partial charge in [0.25, 0.3) is 0 Å². The van der Waals surface area contributed by atoms with Crippen LogP contribution in [0.25, 0.3) is 10.9 Å². The van der Waals surface area contributed by atoms with Crippen LogP contribution in [0.2, 0.25) is 0 Å². The number of amides is 2. The molecule has 0 aliphatic rings. The lowest BCUT2D eigenvalue weighted by atomic mass is 10.0. The Labute approximate surface area is 204 Å². The van der Waals surface area contributed by atoms with Crippen LogP contribution in [0.1, 0.15) is 43.1 Å². The Bertz CT molecular complexity index is 1200. The van der Waals surface area contributed by atoms with Crippen molar-refractivity contribution in [3.05, 3.63) is 71.4 Å². The van der Waals surface area contributed by atoms with Gasteiger partial charge >= 0.3 is 12.1 Å². The van der Waals surface area contributed by atoms with Gasteiger partial charge in [0.05, 0.1) is 31.9 Å². The van der Waals surface area contributed by atoms with Crippen LogP contribution in [0.4, 0.5) is 4.79 Å². The second-order valence-corrected chi connectivity index (χ2v) is 7.73. The molecule has 2 amide bonds. The molecule has 3 rings (SSSR count). The van der Waals surface area contributed by atoms with Gasteiger partial charge in [-0.15, -0.1) is 0 Å². The molecule has 184 valence electrons. The van der Waals surface area contributed by atoms with E-state index in [0.29, 0.717) is 6.61 Å². The molecular weight excluding hydrogens is 448 g/mol. The van der Waals surface area contributed by atoms with Gasteiger partial charge in [-0.25, -0.2) is 10.2 Å². The molecule has 2 aromatic carbocycles. The van der Waals surface area contributed by atoms with Crippen LogP contribution >= 0.6 is 0 Å². The van der Waals surface area contributed by atoms with Crippen molar-refractivity contribution >= 4 is 35.1 Å². The highest BCUT2D eigenvalue weighted by atomic mass is 16.5. The van der Waals surface area contributed by atoms with E-state index in [-0.39, 0.29) is 31.4 Å². The summed E-state index contributed by atoms with van der Waals surface area (Å²) in [4.78, 5) is 36.7. The number of hydrogen-bond acceptors (Lipinski definition) is 6. The fourth-order valence-electron chi connectivity index (χ4n) is 3.81. The summed E-state index contributed by atoms with van der Waals surface area (Å²) in [6.45, 7) is 5.99. The molecule has 0 aliphatic heterocycles. The minimum atomic E-state index is -0.595. The van der Waals surface area contributed by atoms with Crippen molar-refractivity contribution in [2.24, 2.45) is 5.10 Å². The van der Waals surface area contributed by atoms with E-state index in [4.69, 9.17) is 9.47 Å². The summed E-state index contributed by atoms with van der Waals surface area (Å²) in [5.74, 6) is -0.700. The molecule has 0 saturated heterocycles. The van der Waals surface area contributed by atoms with E-state index in [1.54, 1.807) is 20.1 Å². The van der Waals surface area contributed by atoms with E-state index in [0.717, 1.165) is 27.7 Å². The number of nitrogens with zero attached hydrogens (tertiary/aromatic N) is 2. The molecule has 9 heteroatoms. The number of aromatic nitrogens is 1. The minimum Gasteiger partial charge on any atom is -0.465 e. The SMILES string of the molecule is CCOC(=O)Cn1c(C)c(/C=N\NC(=O)C[C@H](NC(=O)OCC)c2ccccc2)c2ccccc21. The fourth-order valence-corrected chi connectivity index (χ4v) is 3.81. The molecule has 0 unspecified atom stereocenters. The van der Waals surface area contributed by atoms with E-state index in [9.17, 15) is 14.4 Å². The summed E-state index contributed by atoms with van der Waals surface area (Å²) in [6, 6.07) is 16.3. The molecule has 0 saturated carbocycles. The van der Waals surface area contributed by atoms with Gasteiger partial charge in [-0.05, 0) is 32.4 Å². The maximum Gasteiger partial charge on any atom is 0.407 e. The number of para-hydroxylation sites is 1. The average Bonchev–Trinajstić information content (AvgIpc) is 3.10. The number of hydrogen-bond donors (Lipinski definition) is 2. The third-order valence-corrected chi connectivity index (χ3v) is 5.41. The summed E-state index contributed by atoms with van der Waals surface area (Å²) >= 11 is 0. The summed E-state index contributed by atoms with van der Waals surface area (Å²) in [7, 11) is 0. The second kappa shape index (κ2) is 12.4. The van der Waals surface area contributed by atoms with Crippen molar-refractivity contribution in [3.8, 4) is 0 Å². The number of hydrazone groups is 1. The molecule has 0 fully saturated rings. The van der Waals surface area contributed by atoms with E-state index in [2.05, 4.69) is 15.8 Å². The normalized spacial score (nSPS) is 11.9. The lowest BCUT2D eigenvalue weighted by Gasteiger charge is -2.18. The molecule has 1 atom stereocenters. The number of carbonyl (C=O) groups excluding carboxylic acids is 3. The Morgan fingerprint density at radius 2 is 1.69 bits per heavy atom. The van der Waals surface area contributed by atoms with Crippen molar-refractivity contribution < 1.29 is 23.9 Å². The second-order valence-electron chi connectivity index (χ2n) is 7.73. The van der Waals surface area contributed by atoms with Crippen LogP contribution in [0.15, 0.2) is 59.7 Å². The zero-order valence-electron chi connectivity index (χ0n) is 20.1. The van der Waals surface area contributed by atoms with Crippen LogP contribution in [-0.4, -0.2) is 42.0 Å². The van der Waals surface area contributed by atoms with Crippen LogP contribution in [-0.2, 0) is 25.6 Å². The quantitative estimate of drug-likeness (QED) is 0.261. The van der Waals surface area contributed by atoms with Gasteiger partial charge in [0.2, 0.25) is 5.91 Å². The molecule has 35 heavy (non-hydrogen) atoms. The molecule has 0 aliphatic carbocycles. The van der Waals surface area contributed by atoms with Gasteiger partial charge in [-0.3, -0.25) is 9.59 Å². The monoisotopic (exact) mass is 478 g/mol. The third-order valence-electron chi connectivity index (χ3n) is 5.41. The van der Waals surface area contributed by atoms with Gasteiger partial charge in [-0.1, -0.05) is 48.5 Å². The largest absolute Gasteiger partial charge is 0.465 e. The summed E-state index contributed by atoms with van der Waals surface area (Å²) in [5.41, 5.74) is 5.79. The predicted octanol–water partition coefficient (Wildman–Crippen LogP) is 3.84. The maximum atomic E-state index is 12.6. The van der Waals surface area contributed by atoms with Crippen molar-refractivity contribution in [3.63, 3.8) is 0 Å². The van der Waals surface area contributed by atoms with Crippen molar-refractivity contribution in [2.45, 2.75) is 39.8 Å². The first-order valence-corrected chi connectivity index (χ1v) is 11.5. The smallest absolute Gasteiger partial charge is 0.407 e. The minimum absolute atomic E-state index is 0.0240. The number of alkyl carbamates (subject to hydrolysis) is 1. The van der Waals surface area contributed by atoms with Crippen LogP contribution in [0, 0.1) is 6.92 Å². The number of fused-ring (bicyclic) bond motifs is 1. The predicted molar refractivity (Wildman–Crippen MR) is 133 cm³/mol. The first-order valence-electron chi connectivity index (χ1n) is 11.5. The number of ether oxygens (including phenoxy) is 2. The zero-order valence-corrected chi connectivity index (χ0v) is 20.1. The van der Waals surface area contributed by atoms with Crippen LogP contribution in [0.5, 0.6) is 0 Å². The summed E-state index contributed by atoms with van der Waals surface area (Å²) in [5, 5.41) is 7.76. The highest BCUT2D eigenvalue weighted by Gasteiger charge is 2.19. The Balaban J connectivity index is 1.75. The summed E-state index contributed by atoms with van der Waals surface area (Å²) in [6.07, 6.45) is 0.944. The van der Waals surface area contributed by atoms with Gasteiger partial charge < -0.3 is 19.4 Å². The lowest BCUT2D eigenvalue weighted by Crippen LogP contribution is -2.33. The summed E-state index contributed by atoms with van der Waals surface area (Å²) < 4.78 is 11.9. The average molecular weight is 479 g/mol. The molecule has 1 heterocycles. The number of rotatable bonds is 10. The van der Waals surface area contributed by atoms with Crippen molar-refractivity contribution in [1.82, 2.24) is 15.3 Å². The Morgan fingerprint density at radius 3 is 2.40 bits per heavy atom. The zero-order chi connectivity index (χ0) is 25.2. The molecule has 2 N–H and O–H groups in total. The Hall–Kier alpha value is -4.14. The highest BCUT2D eigenvalue weighted by Crippen LogP contribution is 2.24. The topological polar surface area (TPSA) is 111 Å². The van der Waals surface area contributed by atoms with E-state index >= 15 is 0 Å². The maximum absolute atomic E-state index is 12.6. The number of benzene rings is 2. The third kappa shape index (κ3) is 6.69. The van der Waals surface area contributed by atoms with Crippen LogP contribution in [0.3, 0.4) is 0 Å². The van der Waals surface area contributed by atoms with Crippen molar-refractivity contribution in [1.29, 1.82) is 0 Å². The van der Waals surface area contributed by atoms with E-state index in [1.165, 1.54) is 0 Å². The molecule has 0 radical (unpaired) electrons. The van der Waals surface area contributed by atoms with E-state index < -0.39 is 12.1 Å². The number of nitrogens with one attached hydrogen (secondary N) is 2. The standard InChI is InChI=1S/C26H30N4O5/c1-4-34-25(32)17-30-18(3)21(20-13-9-10-14-23(20)30)16-27-29-24(31)15-22(28-26(33)35-5-2)19-11-7-6-8-12-19/h6-14,16,22H,4-5,15,17H2,1-3H3,(H,28,33)(H,29,31)/b27-16-/t22-/m0/s1. The fraction of sp³-hybridized carbons (Fsp3) is 0.308. The molecule has 3 aromatic rings. The van der Waals surface area contributed by atoms with Crippen molar-refractivity contribution in [2.75, 3.05) is 13.2 Å². The number of carbonyl (C=O) groups is 3. The Morgan fingerprint density at radius 1 is 1.00 bits per heavy atom. The first-order chi connectivity index (χ1) is 16.9. The van der Waals surface area contributed by atoms with Gasteiger partial charge in [0, 0.05) is 22.2 Å². The molecule has 9 nitrogen and oxygen atoms in total. The molecule has 0 spiro atoms. The lowest BCUT2D eigenvalue weighted by molar-refractivity contribution is -0.143. The molecular formula is C26H30N4O5. The highest BCUT2D eigenvalue weighted by molar-refractivity contribution is 6.01. The number of esters is 1. The molecule has 1 aromatic heterocycles. The first kappa shape index (κ1) is 25.5. The molecule has 0 bridgehead atoms. The van der Waals surface area contributed by atoms with Gasteiger partial charge in [-0.2, -0.15) is 5.10 Å². The Kier molecular flexibility index (Phi) is 9.00.